The summed E-state index contributed by atoms with van der Waals surface area (Å²) in [5.74, 6) is -2.12. The number of esters is 3. The highest BCUT2D eigenvalue weighted by Crippen LogP contribution is 2.34. The molecule has 1 aliphatic heterocycles. The molecule has 0 saturated carbocycles. The quantitative estimate of drug-likeness (QED) is 0.456. The van der Waals surface area contributed by atoms with Crippen molar-refractivity contribution in [1.29, 1.82) is 0 Å². The van der Waals surface area contributed by atoms with E-state index in [1.807, 2.05) is 0 Å². The summed E-state index contributed by atoms with van der Waals surface area (Å²) in [6, 6.07) is 8.73. The number of carbonyl (C=O) groups excluding carboxylic acids is 3. The van der Waals surface area contributed by atoms with Crippen LogP contribution in [-0.2, 0) is 44.2 Å². The third-order valence-corrected chi connectivity index (χ3v) is 7.34. The molecule has 1 aliphatic rings. The van der Waals surface area contributed by atoms with Gasteiger partial charge in [0.05, 0.1) is 16.8 Å². The second-order valence-electron chi connectivity index (χ2n) is 6.71. The number of rotatable bonds is 7. The van der Waals surface area contributed by atoms with Crippen molar-refractivity contribution in [2.24, 2.45) is 0 Å². The Morgan fingerprint density at radius 3 is 2.03 bits per heavy atom. The SMILES string of the molecule is CC(=O)O[C@@H]1[C@H](OC(C)=O)[C@H](OC(C)=O)CS[C@@H]1CS(=O)(=O)Cc1ccccc1. The first-order valence-electron chi connectivity index (χ1n) is 8.95. The molecule has 2 rings (SSSR count). The Morgan fingerprint density at radius 1 is 0.931 bits per heavy atom. The number of hydrogen-bond donors (Lipinski definition) is 0. The number of benzene rings is 1. The van der Waals surface area contributed by atoms with E-state index in [2.05, 4.69) is 0 Å². The Kier molecular flexibility index (Phi) is 8.09. The molecule has 1 aromatic carbocycles. The van der Waals surface area contributed by atoms with Crippen LogP contribution in [0.15, 0.2) is 30.3 Å². The Balaban J connectivity index is 2.25. The van der Waals surface area contributed by atoms with Crippen molar-refractivity contribution in [3.05, 3.63) is 35.9 Å². The average molecular weight is 445 g/mol. The second-order valence-corrected chi connectivity index (χ2v) is 10.1. The molecule has 1 heterocycles. The van der Waals surface area contributed by atoms with Crippen LogP contribution in [0.4, 0.5) is 0 Å². The van der Waals surface area contributed by atoms with Gasteiger partial charge in [-0.25, -0.2) is 8.42 Å². The zero-order valence-corrected chi connectivity index (χ0v) is 18.0. The number of thioether (sulfide) groups is 1. The van der Waals surface area contributed by atoms with E-state index in [-0.39, 0.29) is 17.3 Å². The van der Waals surface area contributed by atoms with Gasteiger partial charge < -0.3 is 14.2 Å². The van der Waals surface area contributed by atoms with Gasteiger partial charge >= 0.3 is 17.9 Å². The third kappa shape index (κ3) is 7.36. The molecular formula is C19H24O8S2. The van der Waals surface area contributed by atoms with Crippen LogP contribution < -0.4 is 0 Å². The standard InChI is InChI=1S/C19H24O8S2/c1-12(20)25-16-9-28-17(19(27-14(3)22)18(16)26-13(2)21)11-29(23,24)10-15-7-5-4-6-8-15/h4-8,16-19H,9-11H2,1-3H3/t16-,17-,18-,19+/m1/s1. The lowest BCUT2D eigenvalue weighted by atomic mass is 10.0. The molecule has 1 fully saturated rings. The maximum atomic E-state index is 12.7. The summed E-state index contributed by atoms with van der Waals surface area (Å²) in [5.41, 5.74) is 0.645. The predicted molar refractivity (Wildman–Crippen MR) is 107 cm³/mol. The Labute approximate surface area is 174 Å². The summed E-state index contributed by atoms with van der Waals surface area (Å²) >= 11 is 1.21. The van der Waals surface area contributed by atoms with Crippen molar-refractivity contribution in [3.63, 3.8) is 0 Å². The highest BCUT2D eigenvalue weighted by molar-refractivity contribution is 8.01. The van der Waals surface area contributed by atoms with Gasteiger partial charge in [-0.2, -0.15) is 0 Å². The van der Waals surface area contributed by atoms with Crippen molar-refractivity contribution < 1.29 is 37.0 Å². The minimum atomic E-state index is -3.56. The van der Waals surface area contributed by atoms with Gasteiger partial charge in [0.1, 0.15) is 0 Å². The van der Waals surface area contributed by atoms with Crippen LogP contribution in [-0.4, -0.2) is 61.4 Å². The highest BCUT2D eigenvalue weighted by atomic mass is 32.2. The third-order valence-electron chi connectivity index (χ3n) is 4.10. The minimum Gasteiger partial charge on any atom is -0.458 e. The summed E-state index contributed by atoms with van der Waals surface area (Å²) < 4.78 is 41.3. The van der Waals surface area contributed by atoms with Gasteiger partial charge in [0, 0.05) is 26.5 Å². The van der Waals surface area contributed by atoms with E-state index < -0.39 is 51.3 Å². The molecule has 0 spiro atoms. The Morgan fingerprint density at radius 2 is 1.48 bits per heavy atom. The fourth-order valence-corrected chi connectivity index (χ4v) is 6.71. The summed E-state index contributed by atoms with van der Waals surface area (Å²) in [6.07, 6.45) is -3.00. The zero-order valence-electron chi connectivity index (χ0n) is 16.4. The topological polar surface area (TPSA) is 113 Å². The van der Waals surface area contributed by atoms with E-state index in [0.29, 0.717) is 5.56 Å². The first kappa shape index (κ1) is 23.2. The van der Waals surface area contributed by atoms with Crippen LogP contribution in [0.5, 0.6) is 0 Å². The Bertz CT molecular complexity index is 837. The van der Waals surface area contributed by atoms with Crippen LogP contribution in [0, 0.1) is 0 Å². The fourth-order valence-electron chi connectivity index (χ4n) is 3.09. The Hall–Kier alpha value is -2.07. The molecule has 0 amide bonds. The van der Waals surface area contributed by atoms with E-state index in [1.54, 1.807) is 30.3 Å². The van der Waals surface area contributed by atoms with Crippen LogP contribution >= 0.6 is 11.8 Å². The molecule has 4 atom stereocenters. The molecule has 0 N–H and O–H groups in total. The molecular weight excluding hydrogens is 420 g/mol. The normalized spacial score (nSPS) is 24.4. The first-order valence-corrected chi connectivity index (χ1v) is 11.8. The minimum absolute atomic E-state index is 0.163. The summed E-state index contributed by atoms with van der Waals surface area (Å²) in [7, 11) is -3.56. The van der Waals surface area contributed by atoms with Gasteiger partial charge in [-0.1, -0.05) is 30.3 Å². The molecule has 0 bridgehead atoms. The fraction of sp³-hybridized carbons (Fsp3) is 0.526. The zero-order chi connectivity index (χ0) is 21.6. The van der Waals surface area contributed by atoms with Crippen molar-refractivity contribution in [2.45, 2.75) is 50.1 Å². The van der Waals surface area contributed by atoms with E-state index in [4.69, 9.17) is 14.2 Å². The maximum Gasteiger partial charge on any atom is 0.303 e. The smallest absolute Gasteiger partial charge is 0.303 e. The number of hydrogen-bond acceptors (Lipinski definition) is 9. The highest BCUT2D eigenvalue weighted by Gasteiger charge is 2.47. The van der Waals surface area contributed by atoms with Crippen molar-refractivity contribution in [3.8, 4) is 0 Å². The van der Waals surface area contributed by atoms with Gasteiger partial charge in [-0.15, -0.1) is 11.8 Å². The number of carbonyl (C=O) groups is 3. The molecule has 29 heavy (non-hydrogen) atoms. The maximum absolute atomic E-state index is 12.7. The van der Waals surface area contributed by atoms with Gasteiger partial charge in [0.2, 0.25) is 0 Å². The molecule has 10 heteroatoms. The van der Waals surface area contributed by atoms with Crippen LogP contribution in [0.2, 0.25) is 0 Å². The van der Waals surface area contributed by atoms with Crippen LogP contribution in [0.1, 0.15) is 26.3 Å². The van der Waals surface area contributed by atoms with E-state index in [0.717, 1.165) is 0 Å². The first-order chi connectivity index (χ1) is 13.6. The lowest BCUT2D eigenvalue weighted by molar-refractivity contribution is -0.181. The van der Waals surface area contributed by atoms with Gasteiger partial charge in [-0.3, -0.25) is 14.4 Å². The lowest BCUT2D eigenvalue weighted by Gasteiger charge is -2.40. The summed E-state index contributed by atoms with van der Waals surface area (Å²) in [6.45, 7) is 3.58. The monoisotopic (exact) mass is 444 g/mol. The van der Waals surface area contributed by atoms with Crippen molar-refractivity contribution in [1.82, 2.24) is 0 Å². The molecule has 160 valence electrons. The number of sulfone groups is 1. The van der Waals surface area contributed by atoms with Crippen molar-refractivity contribution in [2.75, 3.05) is 11.5 Å². The summed E-state index contributed by atoms with van der Waals surface area (Å²) in [5, 5.41) is -0.677. The molecule has 0 aliphatic carbocycles. The molecule has 1 saturated heterocycles. The number of ether oxygens (including phenoxy) is 3. The van der Waals surface area contributed by atoms with Crippen molar-refractivity contribution >= 4 is 39.5 Å². The van der Waals surface area contributed by atoms with E-state index >= 15 is 0 Å². The lowest BCUT2D eigenvalue weighted by Crippen LogP contribution is -2.55. The largest absolute Gasteiger partial charge is 0.458 e. The molecule has 0 radical (unpaired) electrons. The van der Waals surface area contributed by atoms with Gasteiger partial charge in [0.25, 0.3) is 0 Å². The van der Waals surface area contributed by atoms with Crippen LogP contribution in [0.3, 0.4) is 0 Å². The van der Waals surface area contributed by atoms with Gasteiger partial charge in [-0.05, 0) is 5.56 Å². The average Bonchev–Trinajstić information content (AvgIpc) is 2.59. The van der Waals surface area contributed by atoms with E-state index in [9.17, 15) is 22.8 Å². The summed E-state index contributed by atoms with van der Waals surface area (Å²) in [4.78, 5) is 34.6. The second kappa shape index (κ2) is 10.1. The molecule has 0 aromatic heterocycles. The molecule has 1 aromatic rings. The molecule has 0 unspecified atom stereocenters. The predicted octanol–water partition coefficient (Wildman–Crippen LogP) is 1.51. The van der Waals surface area contributed by atoms with Crippen LogP contribution in [0.25, 0.3) is 0 Å². The molecule has 8 nitrogen and oxygen atoms in total. The van der Waals surface area contributed by atoms with Gasteiger partial charge in [0.15, 0.2) is 28.1 Å². The van der Waals surface area contributed by atoms with E-state index in [1.165, 1.54) is 32.5 Å².